The van der Waals surface area contributed by atoms with Crippen LogP contribution in [-0.2, 0) is 16.6 Å². The van der Waals surface area contributed by atoms with E-state index in [1.165, 1.54) is 18.4 Å². The second-order valence-electron chi connectivity index (χ2n) is 9.49. The summed E-state index contributed by atoms with van der Waals surface area (Å²) in [6.45, 7) is 1.02. The van der Waals surface area contributed by atoms with Gasteiger partial charge in [-0.3, -0.25) is 4.79 Å². The molecule has 3 aromatic carbocycles. The maximum absolute atomic E-state index is 13.4. The maximum Gasteiger partial charge on any atom is 0.232 e. The molecule has 1 aliphatic carbocycles. The molecule has 0 saturated heterocycles. The van der Waals surface area contributed by atoms with Gasteiger partial charge in [-0.1, -0.05) is 104 Å². The van der Waals surface area contributed by atoms with Crippen molar-refractivity contribution in [1.29, 1.82) is 0 Å². The molecular weight excluding hydrogens is 404 g/mol. The second-order valence-corrected chi connectivity index (χ2v) is 9.49. The third-order valence-electron chi connectivity index (χ3n) is 7.58. The van der Waals surface area contributed by atoms with Crippen LogP contribution in [0.3, 0.4) is 0 Å². The lowest BCUT2D eigenvalue weighted by Gasteiger charge is -2.41. The van der Waals surface area contributed by atoms with Crippen LogP contribution in [0, 0.1) is 5.92 Å². The zero-order valence-electron chi connectivity index (χ0n) is 19.7. The van der Waals surface area contributed by atoms with Gasteiger partial charge in [0.2, 0.25) is 5.91 Å². The molecule has 0 aromatic heterocycles. The van der Waals surface area contributed by atoms with Gasteiger partial charge in [0.1, 0.15) is 5.41 Å². The minimum absolute atomic E-state index is 0.159. The van der Waals surface area contributed by atoms with Crippen molar-refractivity contribution in [2.45, 2.75) is 50.0 Å². The van der Waals surface area contributed by atoms with E-state index in [9.17, 15) is 4.79 Å². The summed E-state index contributed by atoms with van der Waals surface area (Å²) in [6, 6.07) is 31.6. The molecule has 1 aliphatic rings. The fourth-order valence-electron chi connectivity index (χ4n) is 5.79. The monoisotopic (exact) mass is 440 g/mol. The molecule has 1 fully saturated rings. The number of likely N-dealkylation sites (N-methyl/N-ethyl adjacent to an activating group) is 1. The largest absolute Gasteiger partial charge is 0.369 e. The number of nitrogens with zero attached hydrogens (tertiary/aromatic N) is 1. The Bertz CT molecular complexity index is 964. The molecule has 2 N–H and O–H groups in total. The second kappa shape index (κ2) is 10.8. The number of primary amides is 1. The first kappa shape index (κ1) is 23.3. The number of hydrogen-bond acceptors (Lipinski definition) is 2. The Morgan fingerprint density at radius 3 is 1.91 bits per heavy atom. The van der Waals surface area contributed by atoms with Crippen molar-refractivity contribution in [2.24, 2.45) is 11.7 Å². The van der Waals surface area contributed by atoms with Crippen LogP contribution < -0.4 is 5.73 Å². The minimum Gasteiger partial charge on any atom is -0.369 e. The Morgan fingerprint density at radius 1 is 0.848 bits per heavy atom. The molecule has 4 rings (SSSR count). The smallest absolute Gasteiger partial charge is 0.232 e. The third-order valence-corrected chi connectivity index (χ3v) is 7.58. The fourth-order valence-corrected chi connectivity index (χ4v) is 5.79. The first-order chi connectivity index (χ1) is 16.1. The predicted molar refractivity (Wildman–Crippen MR) is 136 cm³/mol. The first-order valence-electron chi connectivity index (χ1n) is 12.3. The number of carbonyl (C=O) groups is 1. The van der Waals surface area contributed by atoms with Crippen LogP contribution in [0.25, 0.3) is 0 Å². The van der Waals surface area contributed by atoms with Crippen molar-refractivity contribution in [3.05, 3.63) is 108 Å². The van der Waals surface area contributed by atoms with Gasteiger partial charge in [-0.25, -0.2) is 0 Å². The Hall–Kier alpha value is -2.91. The number of amides is 1. The quantitative estimate of drug-likeness (QED) is 0.465. The topological polar surface area (TPSA) is 46.3 Å². The van der Waals surface area contributed by atoms with Gasteiger partial charge in [-0.15, -0.1) is 0 Å². The SMILES string of the molecule is CN(CCc1ccccc1)C1CCCCC(C(C(N)=O)(c2ccccc2)c2ccccc2)C1. The van der Waals surface area contributed by atoms with E-state index in [1.807, 2.05) is 36.4 Å². The van der Waals surface area contributed by atoms with Gasteiger partial charge in [-0.2, -0.15) is 0 Å². The van der Waals surface area contributed by atoms with Gasteiger partial charge in [0.15, 0.2) is 0 Å². The molecule has 2 unspecified atom stereocenters. The van der Waals surface area contributed by atoms with E-state index >= 15 is 0 Å². The average molecular weight is 441 g/mol. The molecule has 2 atom stereocenters. The van der Waals surface area contributed by atoms with Crippen LogP contribution in [0.2, 0.25) is 0 Å². The highest BCUT2D eigenvalue weighted by Gasteiger charge is 2.48. The average Bonchev–Trinajstić information content (AvgIpc) is 3.12. The Morgan fingerprint density at radius 2 is 1.36 bits per heavy atom. The lowest BCUT2D eigenvalue weighted by molar-refractivity contribution is -0.124. The van der Waals surface area contributed by atoms with Gasteiger partial charge >= 0.3 is 0 Å². The lowest BCUT2D eigenvalue weighted by Crippen LogP contribution is -2.50. The standard InChI is InChI=1S/C30H36N2O/c1-32(22-21-24-13-5-2-6-14-24)28-20-12-11-19-27(23-28)30(29(31)33,25-15-7-3-8-16-25)26-17-9-4-10-18-26/h2-10,13-18,27-28H,11-12,19-23H2,1H3,(H2,31,33). The molecule has 0 heterocycles. The normalized spacial score (nSPS) is 19.2. The molecular formula is C30H36N2O. The van der Waals surface area contributed by atoms with Crippen LogP contribution in [0.5, 0.6) is 0 Å². The van der Waals surface area contributed by atoms with Crippen LogP contribution in [0.1, 0.15) is 48.8 Å². The molecule has 0 bridgehead atoms. The predicted octanol–water partition coefficient (Wildman–Crippen LogP) is 5.58. The van der Waals surface area contributed by atoms with Crippen molar-refractivity contribution in [3.8, 4) is 0 Å². The van der Waals surface area contributed by atoms with E-state index in [1.54, 1.807) is 0 Å². The summed E-state index contributed by atoms with van der Waals surface area (Å²) in [5, 5.41) is 0. The van der Waals surface area contributed by atoms with Crippen LogP contribution >= 0.6 is 0 Å². The van der Waals surface area contributed by atoms with Crippen molar-refractivity contribution < 1.29 is 4.79 Å². The molecule has 3 aromatic rings. The summed E-state index contributed by atoms with van der Waals surface area (Å²) in [5.41, 5.74) is 8.91. The highest BCUT2D eigenvalue weighted by atomic mass is 16.1. The zero-order valence-corrected chi connectivity index (χ0v) is 19.7. The summed E-state index contributed by atoms with van der Waals surface area (Å²) < 4.78 is 0. The van der Waals surface area contributed by atoms with Crippen molar-refractivity contribution in [3.63, 3.8) is 0 Å². The van der Waals surface area contributed by atoms with Gasteiger partial charge in [-0.05, 0) is 55.3 Å². The molecule has 0 aliphatic heterocycles. The van der Waals surface area contributed by atoms with Crippen LogP contribution in [0.15, 0.2) is 91.0 Å². The number of rotatable bonds is 8. The van der Waals surface area contributed by atoms with Crippen LogP contribution in [0.4, 0.5) is 0 Å². The minimum atomic E-state index is -0.814. The number of carbonyl (C=O) groups excluding carboxylic acids is 1. The zero-order chi connectivity index (χ0) is 23.1. The van der Waals surface area contributed by atoms with E-state index in [-0.39, 0.29) is 11.8 Å². The number of benzene rings is 3. The molecule has 0 radical (unpaired) electrons. The summed E-state index contributed by atoms with van der Waals surface area (Å²) in [5.74, 6) is -0.0797. The van der Waals surface area contributed by atoms with Crippen molar-refractivity contribution >= 4 is 5.91 Å². The van der Waals surface area contributed by atoms with E-state index in [0.717, 1.165) is 43.4 Å². The van der Waals surface area contributed by atoms with Gasteiger partial charge in [0, 0.05) is 12.6 Å². The van der Waals surface area contributed by atoms with E-state index < -0.39 is 5.41 Å². The summed E-state index contributed by atoms with van der Waals surface area (Å²) >= 11 is 0. The molecule has 0 spiro atoms. The fraction of sp³-hybridized carbons (Fsp3) is 0.367. The van der Waals surface area contributed by atoms with Crippen molar-refractivity contribution in [2.75, 3.05) is 13.6 Å². The van der Waals surface area contributed by atoms with Gasteiger partial charge in [0.25, 0.3) is 0 Å². The molecule has 3 heteroatoms. The Labute approximate surface area is 198 Å². The first-order valence-corrected chi connectivity index (χ1v) is 12.3. The highest BCUT2D eigenvalue weighted by molar-refractivity contribution is 5.91. The molecule has 1 saturated carbocycles. The summed E-state index contributed by atoms with van der Waals surface area (Å²) in [6.07, 6.45) is 6.50. The molecule has 172 valence electrons. The van der Waals surface area contributed by atoms with Crippen molar-refractivity contribution in [1.82, 2.24) is 4.90 Å². The highest BCUT2D eigenvalue weighted by Crippen LogP contribution is 2.45. The van der Waals surface area contributed by atoms with Gasteiger partial charge < -0.3 is 10.6 Å². The third kappa shape index (κ3) is 5.04. The van der Waals surface area contributed by atoms with E-state index in [0.29, 0.717) is 6.04 Å². The van der Waals surface area contributed by atoms with Crippen LogP contribution in [-0.4, -0.2) is 30.4 Å². The molecule has 1 amide bonds. The maximum atomic E-state index is 13.4. The van der Waals surface area contributed by atoms with E-state index in [2.05, 4.69) is 66.5 Å². The molecule has 33 heavy (non-hydrogen) atoms. The Kier molecular flexibility index (Phi) is 7.61. The number of hydrogen-bond donors (Lipinski definition) is 1. The summed E-state index contributed by atoms with van der Waals surface area (Å²) in [7, 11) is 2.24. The van der Waals surface area contributed by atoms with E-state index in [4.69, 9.17) is 5.73 Å². The summed E-state index contributed by atoms with van der Waals surface area (Å²) in [4.78, 5) is 15.9. The Balaban J connectivity index is 1.65. The lowest BCUT2D eigenvalue weighted by atomic mass is 9.62. The number of nitrogens with two attached hydrogens (primary N) is 1. The molecule has 3 nitrogen and oxygen atoms in total. The van der Waals surface area contributed by atoms with Gasteiger partial charge in [0.05, 0.1) is 0 Å².